The third-order valence-corrected chi connectivity index (χ3v) is 2.66. The van der Waals surface area contributed by atoms with Crippen LogP contribution in [0.3, 0.4) is 0 Å². The summed E-state index contributed by atoms with van der Waals surface area (Å²) in [5.74, 6) is 0. The maximum atomic E-state index is 11.9. The zero-order valence-electron chi connectivity index (χ0n) is 9.76. The van der Waals surface area contributed by atoms with Gasteiger partial charge in [-0.05, 0) is 13.8 Å². The van der Waals surface area contributed by atoms with Crippen LogP contribution in [0.2, 0.25) is 0 Å². The van der Waals surface area contributed by atoms with Crippen LogP contribution in [0, 0.1) is 0 Å². The van der Waals surface area contributed by atoms with Gasteiger partial charge in [0.25, 0.3) is 5.56 Å². The van der Waals surface area contributed by atoms with Gasteiger partial charge < -0.3 is 4.57 Å². The van der Waals surface area contributed by atoms with E-state index in [1.807, 2.05) is 13.8 Å². The smallest absolute Gasteiger partial charge is 0.328 e. The molecule has 16 heavy (non-hydrogen) atoms. The lowest BCUT2D eigenvalue weighted by atomic mass is 10.3. The highest BCUT2D eigenvalue weighted by Gasteiger charge is 2.16. The first-order valence-corrected chi connectivity index (χ1v) is 5.07. The van der Waals surface area contributed by atoms with Crippen molar-refractivity contribution in [2.75, 3.05) is 0 Å². The first kappa shape index (κ1) is 10.7. The van der Waals surface area contributed by atoms with Crippen molar-refractivity contribution in [3.05, 3.63) is 27.2 Å². The van der Waals surface area contributed by atoms with Crippen molar-refractivity contribution < 1.29 is 0 Å². The Morgan fingerprint density at radius 2 is 1.88 bits per heavy atom. The largest absolute Gasteiger partial charge is 0.332 e. The van der Waals surface area contributed by atoms with E-state index >= 15 is 0 Å². The monoisotopic (exact) mass is 222 g/mol. The highest BCUT2D eigenvalue weighted by molar-refractivity contribution is 5.70. The molecule has 0 aliphatic heterocycles. The second-order valence-corrected chi connectivity index (χ2v) is 4.14. The molecule has 0 aromatic carbocycles. The van der Waals surface area contributed by atoms with Gasteiger partial charge >= 0.3 is 5.69 Å². The van der Waals surface area contributed by atoms with Gasteiger partial charge in [0, 0.05) is 20.1 Å². The molecule has 0 saturated carbocycles. The molecule has 0 fully saturated rings. The minimum atomic E-state index is -0.328. The van der Waals surface area contributed by atoms with E-state index in [9.17, 15) is 9.59 Å². The maximum Gasteiger partial charge on any atom is 0.332 e. The van der Waals surface area contributed by atoms with Crippen LogP contribution in [-0.2, 0) is 14.1 Å². The molecular formula is C10H14N4O2. The molecule has 2 heterocycles. The van der Waals surface area contributed by atoms with Gasteiger partial charge in [-0.25, -0.2) is 9.78 Å². The fourth-order valence-electron chi connectivity index (χ4n) is 1.80. The zero-order chi connectivity index (χ0) is 12.0. The quantitative estimate of drug-likeness (QED) is 0.683. The lowest BCUT2D eigenvalue weighted by Gasteiger charge is -2.11. The summed E-state index contributed by atoms with van der Waals surface area (Å²) in [4.78, 5) is 27.9. The van der Waals surface area contributed by atoms with E-state index in [4.69, 9.17) is 0 Å². The molecule has 0 bridgehead atoms. The van der Waals surface area contributed by atoms with Crippen molar-refractivity contribution in [1.82, 2.24) is 18.7 Å². The molecule has 6 nitrogen and oxygen atoms in total. The van der Waals surface area contributed by atoms with Crippen LogP contribution in [0.15, 0.2) is 15.9 Å². The predicted molar refractivity (Wildman–Crippen MR) is 60.6 cm³/mol. The Hall–Kier alpha value is -1.85. The van der Waals surface area contributed by atoms with E-state index in [-0.39, 0.29) is 17.3 Å². The number of rotatable bonds is 1. The summed E-state index contributed by atoms with van der Waals surface area (Å²) in [5, 5.41) is 0. The van der Waals surface area contributed by atoms with Crippen LogP contribution in [0.1, 0.15) is 19.9 Å². The van der Waals surface area contributed by atoms with E-state index < -0.39 is 0 Å². The van der Waals surface area contributed by atoms with Gasteiger partial charge in [0.2, 0.25) is 0 Å². The van der Waals surface area contributed by atoms with Crippen molar-refractivity contribution in [3.8, 4) is 0 Å². The number of aromatic nitrogens is 4. The third-order valence-electron chi connectivity index (χ3n) is 2.66. The number of imidazole rings is 1. The summed E-state index contributed by atoms with van der Waals surface area (Å²) in [6, 6.07) is -0.0308. The molecule has 0 atom stereocenters. The first-order valence-electron chi connectivity index (χ1n) is 5.07. The van der Waals surface area contributed by atoms with Gasteiger partial charge in [-0.1, -0.05) is 0 Å². The van der Waals surface area contributed by atoms with E-state index in [0.717, 1.165) is 4.57 Å². The van der Waals surface area contributed by atoms with E-state index in [0.29, 0.717) is 11.2 Å². The molecule has 0 amide bonds. The van der Waals surface area contributed by atoms with E-state index in [2.05, 4.69) is 4.98 Å². The Morgan fingerprint density at radius 1 is 1.25 bits per heavy atom. The number of hydrogen-bond acceptors (Lipinski definition) is 3. The minimum absolute atomic E-state index is 0.0308. The van der Waals surface area contributed by atoms with Gasteiger partial charge in [-0.2, -0.15) is 0 Å². The summed E-state index contributed by atoms with van der Waals surface area (Å²) in [5.41, 5.74) is 0.268. The average molecular weight is 222 g/mol. The standard InChI is InChI=1S/C10H14N4O2/c1-6(2)14-8-7(12(3)5-11-8)9(15)13(4)10(14)16/h5-6H,1-4H3. The van der Waals surface area contributed by atoms with Crippen LogP contribution >= 0.6 is 0 Å². The Labute approximate surface area is 91.8 Å². The molecule has 0 saturated heterocycles. The topological polar surface area (TPSA) is 61.8 Å². The normalized spacial score (nSPS) is 11.6. The molecule has 0 N–H and O–H groups in total. The molecule has 2 rings (SSSR count). The predicted octanol–water partition coefficient (Wildman–Crippen LogP) is 0.0146. The van der Waals surface area contributed by atoms with Crippen LogP contribution < -0.4 is 11.2 Å². The summed E-state index contributed by atoms with van der Waals surface area (Å²) in [6.07, 6.45) is 1.55. The fraction of sp³-hybridized carbons (Fsp3) is 0.500. The van der Waals surface area contributed by atoms with E-state index in [1.54, 1.807) is 17.9 Å². The van der Waals surface area contributed by atoms with Crippen molar-refractivity contribution >= 4 is 11.2 Å². The van der Waals surface area contributed by atoms with Crippen LogP contribution in [-0.4, -0.2) is 18.7 Å². The minimum Gasteiger partial charge on any atom is -0.328 e. The van der Waals surface area contributed by atoms with Crippen LogP contribution in [0.25, 0.3) is 11.2 Å². The highest BCUT2D eigenvalue weighted by Crippen LogP contribution is 2.09. The molecule has 2 aromatic rings. The van der Waals surface area contributed by atoms with E-state index in [1.165, 1.54) is 11.6 Å². The summed E-state index contributed by atoms with van der Waals surface area (Å²) in [6.45, 7) is 3.78. The Bertz CT molecular complexity index is 660. The van der Waals surface area contributed by atoms with Gasteiger partial charge in [0.05, 0.1) is 6.33 Å². The van der Waals surface area contributed by atoms with Gasteiger partial charge in [0.15, 0.2) is 11.2 Å². The molecule has 86 valence electrons. The second-order valence-electron chi connectivity index (χ2n) is 4.14. The van der Waals surface area contributed by atoms with Gasteiger partial charge in [0.1, 0.15) is 0 Å². The van der Waals surface area contributed by atoms with Crippen LogP contribution in [0.4, 0.5) is 0 Å². The molecular weight excluding hydrogens is 208 g/mol. The summed E-state index contributed by atoms with van der Waals surface area (Å²) in [7, 11) is 3.22. The third kappa shape index (κ3) is 1.22. The molecule has 0 aliphatic rings. The van der Waals surface area contributed by atoms with Gasteiger partial charge in [-0.15, -0.1) is 0 Å². The maximum absolute atomic E-state index is 11.9. The Morgan fingerprint density at radius 3 is 2.44 bits per heavy atom. The molecule has 2 aromatic heterocycles. The second kappa shape index (κ2) is 3.33. The fourth-order valence-corrected chi connectivity index (χ4v) is 1.80. The lowest BCUT2D eigenvalue weighted by Crippen LogP contribution is -2.39. The molecule has 0 unspecified atom stereocenters. The molecule has 0 spiro atoms. The Balaban J connectivity index is 3.12. The number of hydrogen-bond donors (Lipinski definition) is 0. The van der Waals surface area contributed by atoms with Crippen molar-refractivity contribution in [1.29, 1.82) is 0 Å². The zero-order valence-corrected chi connectivity index (χ0v) is 9.76. The summed E-state index contributed by atoms with van der Waals surface area (Å²) >= 11 is 0. The molecule has 6 heteroatoms. The average Bonchev–Trinajstić information content (AvgIpc) is 2.57. The Kier molecular flexibility index (Phi) is 2.22. The lowest BCUT2D eigenvalue weighted by molar-refractivity contribution is 0.552. The number of fused-ring (bicyclic) bond motifs is 1. The van der Waals surface area contributed by atoms with Crippen molar-refractivity contribution in [2.24, 2.45) is 14.1 Å². The molecule has 0 aliphatic carbocycles. The van der Waals surface area contributed by atoms with Crippen molar-refractivity contribution in [2.45, 2.75) is 19.9 Å². The van der Waals surface area contributed by atoms with Crippen molar-refractivity contribution in [3.63, 3.8) is 0 Å². The van der Waals surface area contributed by atoms with Crippen LogP contribution in [0.5, 0.6) is 0 Å². The SMILES string of the molecule is CC(C)n1c(=O)n(C)c(=O)c2c1ncn2C. The first-order chi connectivity index (χ1) is 7.45. The number of nitrogens with zero attached hydrogens (tertiary/aromatic N) is 4. The summed E-state index contributed by atoms with van der Waals surface area (Å²) < 4.78 is 4.27. The highest BCUT2D eigenvalue weighted by atomic mass is 16.2. The molecule has 0 radical (unpaired) electrons. The number of aryl methyl sites for hydroxylation is 1. The van der Waals surface area contributed by atoms with Gasteiger partial charge in [-0.3, -0.25) is 13.9 Å².